The Kier molecular flexibility index (Phi) is 17.7. The fourth-order valence-corrected chi connectivity index (χ4v) is 4.37. The van der Waals surface area contributed by atoms with E-state index in [4.69, 9.17) is 4.74 Å². The summed E-state index contributed by atoms with van der Waals surface area (Å²) >= 11 is 0. The van der Waals surface area contributed by atoms with Crippen molar-refractivity contribution in [2.45, 2.75) is 144 Å². The highest BCUT2D eigenvalue weighted by molar-refractivity contribution is 5.71. The lowest BCUT2D eigenvalue weighted by Gasteiger charge is -2.38. The Hall–Kier alpha value is -0.570. The normalized spacial score (nSPS) is 16.6. The number of aliphatic hydroxyl groups excluding tert-OH is 1. The Balaban J connectivity index is 4.76. The van der Waals surface area contributed by atoms with Crippen molar-refractivity contribution in [2.75, 3.05) is 6.61 Å². The Bertz CT molecular complexity index is 409. The summed E-state index contributed by atoms with van der Waals surface area (Å²) in [6, 6.07) is 0. The van der Waals surface area contributed by atoms with Crippen LogP contribution in [0.1, 0.15) is 138 Å². The molecule has 0 aliphatic carbocycles. The molecule has 30 heavy (non-hydrogen) atoms. The molecule has 0 aromatic rings. The first-order valence-electron chi connectivity index (χ1n) is 13.2. The molecule has 1 N–H and O–H groups in total. The zero-order valence-electron chi connectivity index (χ0n) is 21.3. The predicted molar refractivity (Wildman–Crippen MR) is 130 cm³/mol. The Morgan fingerprint density at radius 1 is 0.800 bits per heavy atom. The molecule has 3 nitrogen and oxygen atoms in total. The van der Waals surface area contributed by atoms with Crippen molar-refractivity contribution in [3.05, 3.63) is 0 Å². The van der Waals surface area contributed by atoms with Crippen LogP contribution in [0.2, 0.25) is 0 Å². The standard InChI is InChI=1S/C27H54O3/c1-7-10-13-16-19-23(4)25(28)27(6,21-18-15-12-9-3)22-30-26(29)24(5)20-17-14-11-8-2/h23-25,28H,7-22H2,1-6H3. The summed E-state index contributed by atoms with van der Waals surface area (Å²) < 4.78 is 5.80. The monoisotopic (exact) mass is 426 g/mol. The molecule has 3 heteroatoms. The van der Waals surface area contributed by atoms with E-state index < -0.39 is 6.10 Å². The molecule has 0 amide bonds. The number of unbranched alkanes of at least 4 members (excludes halogenated alkanes) is 9. The molecule has 0 aliphatic heterocycles. The van der Waals surface area contributed by atoms with Crippen LogP contribution in [0.25, 0.3) is 0 Å². The molecule has 0 radical (unpaired) electrons. The fourth-order valence-electron chi connectivity index (χ4n) is 4.37. The molecule has 0 rings (SSSR count). The lowest BCUT2D eigenvalue weighted by atomic mass is 9.74. The zero-order chi connectivity index (χ0) is 22.8. The van der Waals surface area contributed by atoms with Gasteiger partial charge >= 0.3 is 5.97 Å². The highest BCUT2D eigenvalue weighted by Gasteiger charge is 2.37. The number of esters is 1. The van der Waals surface area contributed by atoms with E-state index in [0.717, 1.165) is 32.1 Å². The van der Waals surface area contributed by atoms with Crippen molar-refractivity contribution in [1.82, 2.24) is 0 Å². The van der Waals surface area contributed by atoms with Gasteiger partial charge in [0.1, 0.15) is 0 Å². The molecule has 0 heterocycles. The zero-order valence-corrected chi connectivity index (χ0v) is 21.3. The summed E-state index contributed by atoms with van der Waals surface area (Å²) in [5.74, 6) is 0.104. The Morgan fingerprint density at radius 3 is 1.83 bits per heavy atom. The van der Waals surface area contributed by atoms with Crippen molar-refractivity contribution in [3.63, 3.8) is 0 Å². The number of hydrogen-bond donors (Lipinski definition) is 1. The predicted octanol–water partition coefficient (Wildman–Crippen LogP) is 8.08. The second-order valence-electron chi connectivity index (χ2n) is 10.1. The molecule has 0 saturated carbocycles. The quantitative estimate of drug-likeness (QED) is 0.158. The van der Waals surface area contributed by atoms with Crippen LogP contribution in [0.15, 0.2) is 0 Å². The van der Waals surface area contributed by atoms with Gasteiger partial charge in [-0.05, 0) is 25.2 Å². The van der Waals surface area contributed by atoms with Crippen molar-refractivity contribution in [3.8, 4) is 0 Å². The summed E-state index contributed by atoms with van der Waals surface area (Å²) in [5.41, 5.74) is -0.352. The third-order valence-corrected chi connectivity index (χ3v) is 6.80. The van der Waals surface area contributed by atoms with Crippen molar-refractivity contribution < 1.29 is 14.6 Å². The van der Waals surface area contributed by atoms with E-state index in [0.29, 0.717) is 6.61 Å². The van der Waals surface area contributed by atoms with E-state index in [9.17, 15) is 9.90 Å². The van der Waals surface area contributed by atoms with Gasteiger partial charge in [0.2, 0.25) is 0 Å². The van der Waals surface area contributed by atoms with Crippen LogP contribution >= 0.6 is 0 Å². The van der Waals surface area contributed by atoms with Gasteiger partial charge in [0.25, 0.3) is 0 Å². The summed E-state index contributed by atoms with van der Waals surface area (Å²) in [6.45, 7) is 13.3. The highest BCUT2D eigenvalue weighted by Crippen LogP contribution is 2.35. The molecule has 4 atom stereocenters. The third-order valence-electron chi connectivity index (χ3n) is 6.80. The number of carbonyl (C=O) groups is 1. The van der Waals surface area contributed by atoms with E-state index in [1.165, 1.54) is 64.2 Å². The topological polar surface area (TPSA) is 46.5 Å². The van der Waals surface area contributed by atoms with Gasteiger partial charge in [-0.1, -0.05) is 119 Å². The first-order valence-corrected chi connectivity index (χ1v) is 13.2. The lowest BCUT2D eigenvalue weighted by Crippen LogP contribution is -2.42. The maximum atomic E-state index is 12.6. The number of carbonyl (C=O) groups excluding carboxylic acids is 1. The van der Waals surface area contributed by atoms with E-state index >= 15 is 0 Å². The fraction of sp³-hybridized carbons (Fsp3) is 0.963. The van der Waals surface area contributed by atoms with E-state index in [2.05, 4.69) is 34.6 Å². The molecule has 180 valence electrons. The second-order valence-corrected chi connectivity index (χ2v) is 10.1. The molecule has 0 spiro atoms. The maximum Gasteiger partial charge on any atom is 0.308 e. The molecule has 0 aliphatic rings. The van der Waals surface area contributed by atoms with Gasteiger partial charge in [0.05, 0.1) is 18.6 Å². The average molecular weight is 427 g/mol. The van der Waals surface area contributed by atoms with Gasteiger partial charge in [-0.25, -0.2) is 0 Å². The SMILES string of the molecule is CCCCCCC(C)C(=O)OCC(C)(CCCCCC)C(O)C(C)CCCCCC. The van der Waals surface area contributed by atoms with Gasteiger partial charge in [-0.2, -0.15) is 0 Å². The molecule has 0 aromatic heterocycles. The first kappa shape index (κ1) is 29.4. The summed E-state index contributed by atoms with van der Waals surface area (Å²) in [5, 5.41) is 11.2. The van der Waals surface area contributed by atoms with Gasteiger partial charge in [-0.15, -0.1) is 0 Å². The molecule has 4 unspecified atom stereocenters. The molecule has 0 aromatic carbocycles. The minimum absolute atomic E-state index is 0.0465. The second kappa shape index (κ2) is 18.0. The van der Waals surface area contributed by atoms with Gasteiger partial charge in [0, 0.05) is 5.41 Å². The minimum Gasteiger partial charge on any atom is -0.465 e. The van der Waals surface area contributed by atoms with Crippen LogP contribution in [-0.2, 0) is 9.53 Å². The summed E-state index contributed by atoms with van der Waals surface area (Å²) in [7, 11) is 0. The third kappa shape index (κ3) is 13.0. The van der Waals surface area contributed by atoms with Crippen LogP contribution in [0.3, 0.4) is 0 Å². The van der Waals surface area contributed by atoms with Crippen LogP contribution in [-0.4, -0.2) is 23.8 Å². The first-order chi connectivity index (χ1) is 14.3. The number of ether oxygens (including phenoxy) is 1. The highest BCUT2D eigenvalue weighted by atomic mass is 16.5. The van der Waals surface area contributed by atoms with E-state index in [1.54, 1.807) is 0 Å². The largest absolute Gasteiger partial charge is 0.465 e. The number of rotatable bonds is 20. The van der Waals surface area contributed by atoms with Gasteiger partial charge < -0.3 is 9.84 Å². The van der Waals surface area contributed by atoms with Crippen LogP contribution < -0.4 is 0 Å². The van der Waals surface area contributed by atoms with Crippen LogP contribution in [0.5, 0.6) is 0 Å². The minimum atomic E-state index is -0.423. The lowest BCUT2D eigenvalue weighted by molar-refractivity contribution is -0.156. The molecule has 0 fully saturated rings. The summed E-state index contributed by atoms with van der Waals surface area (Å²) in [6.07, 6.45) is 16.8. The Labute approximate surface area is 188 Å². The molecule has 0 saturated heterocycles. The number of aliphatic hydroxyl groups is 1. The van der Waals surface area contributed by atoms with Crippen molar-refractivity contribution in [1.29, 1.82) is 0 Å². The van der Waals surface area contributed by atoms with Gasteiger partial charge in [-0.3, -0.25) is 4.79 Å². The van der Waals surface area contributed by atoms with Crippen LogP contribution in [0, 0.1) is 17.3 Å². The molecular weight excluding hydrogens is 372 g/mol. The van der Waals surface area contributed by atoms with E-state index in [1.807, 2.05) is 6.92 Å². The van der Waals surface area contributed by atoms with Gasteiger partial charge in [0.15, 0.2) is 0 Å². The Morgan fingerprint density at radius 2 is 1.30 bits per heavy atom. The molecular formula is C27H54O3. The number of hydrogen-bond acceptors (Lipinski definition) is 3. The smallest absolute Gasteiger partial charge is 0.308 e. The van der Waals surface area contributed by atoms with Crippen molar-refractivity contribution >= 4 is 5.97 Å². The van der Waals surface area contributed by atoms with Crippen molar-refractivity contribution in [2.24, 2.45) is 17.3 Å². The summed E-state index contributed by atoms with van der Waals surface area (Å²) in [4.78, 5) is 12.6. The maximum absolute atomic E-state index is 12.6. The molecule has 0 bridgehead atoms. The van der Waals surface area contributed by atoms with Crippen LogP contribution in [0.4, 0.5) is 0 Å². The van der Waals surface area contributed by atoms with E-state index in [-0.39, 0.29) is 23.2 Å². The average Bonchev–Trinajstić information content (AvgIpc) is 2.74.